The Balaban J connectivity index is 1.68. The smallest absolute Gasteiger partial charge is 0.213 e. The van der Waals surface area contributed by atoms with E-state index in [-0.39, 0.29) is 18.6 Å². The molecule has 3 rings (SSSR count). The number of hydroxylamine groups is 1. The summed E-state index contributed by atoms with van der Waals surface area (Å²) >= 11 is 0. The predicted molar refractivity (Wildman–Crippen MR) is 96.8 cm³/mol. The Bertz CT molecular complexity index is 681. The fourth-order valence-electron chi connectivity index (χ4n) is 2.82. The summed E-state index contributed by atoms with van der Waals surface area (Å²) in [4.78, 5) is 4.54. The van der Waals surface area contributed by atoms with Crippen molar-refractivity contribution >= 4 is 5.71 Å². The van der Waals surface area contributed by atoms with Crippen LogP contribution >= 0.6 is 0 Å². The number of allylic oxidation sites excluding steroid dienone is 1. The number of nitrogens with one attached hydrogen (secondary N) is 1. The lowest BCUT2D eigenvalue weighted by Gasteiger charge is -2.23. The van der Waals surface area contributed by atoms with Crippen molar-refractivity contribution in [3.63, 3.8) is 0 Å². The summed E-state index contributed by atoms with van der Waals surface area (Å²) < 4.78 is 22.1. The van der Waals surface area contributed by atoms with Gasteiger partial charge in [0.15, 0.2) is 0 Å². The fourth-order valence-corrected chi connectivity index (χ4v) is 2.82. The molecule has 26 heavy (non-hydrogen) atoms. The summed E-state index contributed by atoms with van der Waals surface area (Å²) in [5.41, 5.74) is 4.98. The van der Waals surface area contributed by atoms with Crippen molar-refractivity contribution < 1.29 is 24.2 Å². The highest BCUT2D eigenvalue weighted by atomic mass is 16.6. The van der Waals surface area contributed by atoms with E-state index in [1.807, 2.05) is 18.2 Å². The third kappa shape index (κ3) is 4.85. The fraction of sp³-hybridized carbons (Fsp3) is 0.421. The molecule has 7 nitrogen and oxygen atoms in total. The van der Waals surface area contributed by atoms with E-state index in [1.165, 1.54) is 0 Å². The van der Waals surface area contributed by atoms with Crippen LogP contribution in [-0.2, 0) is 20.6 Å². The summed E-state index contributed by atoms with van der Waals surface area (Å²) in [5.74, 6) is 1.03. The van der Waals surface area contributed by atoms with Gasteiger partial charge in [0.1, 0.15) is 25.1 Å². The molecule has 0 saturated carbocycles. The Kier molecular flexibility index (Phi) is 6.65. The first kappa shape index (κ1) is 18.4. The van der Waals surface area contributed by atoms with Gasteiger partial charge >= 0.3 is 0 Å². The minimum atomic E-state index is -0.148. The molecular weight excluding hydrogens is 336 g/mol. The summed E-state index contributed by atoms with van der Waals surface area (Å²) in [6.07, 6.45) is 4.10. The van der Waals surface area contributed by atoms with Gasteiger partial charge in [-0.2, -0.15) is 0 Å². The molecule has 1 saturated heterocycles. The van der Waals surface area contributed by atoms with Gasteiger partial charge in [-0.3, -0.25) is 10.2 Å². The standard InChI is InChI=1S/C19H24N2O5/c1-2-7-24-15-3-4-17-14(10-15)5-6-20-18(17)11-19(21-22)26-13-16-12-23-8-9-25-16/h2-4,10-11,16,21-22H,1,5-9,12-13H2. The van der Waals surface area contributed by atoms with Gasteiger partial charge in [-0.15, -0.1) is 0 Å². The quantitative estimate of drug-likeness (QED) is 0.418. The normalized spacial score (nSPS) is 20.0. The third-order valence-corrected chi connectivity index (χ3v) is 4.07. The lowest BCUT2D eigenvalue weighted by molar-refractivity contribution is -0.112. The zero-order chi connectivity index (χ0) is 18.2. The van der Waals surface area contributed by atoms with Gasteiger partial charge in [0, 0.05) is 18.2 Å². The van der Waals surface area contributed by atoms with Crippen molar-refractivity contribution in [1.29, 1.82) is 0 Å². The largest absolute Gasteiger partial charge is 0.490 e. The van der Waals surface area contributed by atoms with Crippen molar-refractivity contribution in [2.75, 3.05) is 39.6 Å². The monoisotopic (exact) mass is 360 g/mol. The number of hydrogen-bond donors (Lipinski definition) is 2. The maximum Gasteiger partial charge on any atom is 0.213 e. The number of benzene rings is 1. The molecule has 1 fully saturated rings. The van der Waals surface area contributed by atoms with Crippen LogP contribution in [0.4, 0.5) is 0 Å². The molecule has 2 aliphatic rings. The van der Waals surface area contributed by atoms with Crippen LogP contribution in [0.25, 0.3) is 0 Å². The van der Waals surface area contributed by atoms with Gasteiger partial charge in [-0.05, 0) is 30.2 Å². The minimum Gasteiger partial charge on any atom is -0.490 e. The highest BCUT2D eigenvalue weighted by Gasteiger charge is 2.17. The maximum absolute atomic E-state index is 9.38. The number of nitrogens with zero attached hydrogens (tertiary/aromatic N) is 1. The topological polar surface area (TPSA) is 81.5 Å². The Morgan fingerprint density at radius 3 is 3.12 bits per heavy atom. The molecule has 0 aromatic heterocycles. The number of fused-ring (bicyclic) bond motifs is 1. The van der Waals surface area contributed by atoms with Crippen LogP contribution in [0, 0.1) is 0 Å². The first-order valence-corrected chi connectivity index (χ1v) is 8.65. The van der Waals surface area contributed by atoms with Crippen LogP contribution in [0.3, 0.4) is 0 Å². The highest BCUT2D eigenvalue weighted by molar-refractivity contribution is 6.10. The van der Waals surface area contributed by atoms with Gasteiger partial charge in [-0.1, -0.05) is 12.7 Å². The molecule has 2 heterocycles. The van der Waals surface area contributed by atoms with E-state index in [0.717, 1.165) is 29.0 Å². The average molecular weight is 360 g/mol. The summed E-state index contributed by atoms with van der Waals surface area (Å²) in [6, 6.07) is 5.88. The van der Waals surface area contributed by atoms with Gasteiger partial charge in [-0.25, -0.2) is 5.48 Å². The van der Waals surface area contributed by atoms with Crippen LogP contribution in [0.15, 0.2) is 47.8 Å². The van der Waals surface area contributed by atoms with Gasteiger partial charge < -0.3 is 18.9 Å². The zero-order valence-electron chi connectivity index (χ0n) is 14.6. The summed E-state index contributed by atoms with van der Waals surface area (Å²) in [6.45, 7) is 6.72. The van der Waals surface area contributed by atoms with Crippen molar-refractivity contribution in [3.05, 3.63) is 53.9 Å². The number of aliphatic imine (C=N–C) groups is 1. The van der Waals surface area contributed by atoms with Crippen LogP contribution in [-0.4, -0.2) is 56.6 Å². The minimum absolute atomic E-state index is 0.148. The molecule has 7 heteroatoms. The Morgan fingerprint density at radius 2 is 2.35 bits per heavy atom. The lowest BCUT2D eigenvalue weighted by Crippen LogP contribution is -2.33. The second-order valence-corrected chi connectivity index (χ2v) is 5.93. The second-order valence-electron chi connectivity index (χ2n) is 5.93. The van der Waals surface area contributed by atoms with E-state index in [1.54, 1.807) is 12.2 Å². The summed E-state index contributed by atoms with van der Waals surface area (Å²) in [5, 5.41) is 9.38. The predicted octanol–water partition coefficient (Wildman–Crippen LogP) is 1.85. The zero-order valence-corrected chi connectivity index (χ0v) is 14.6. The Labute approximate surface area is 152 Å². The van der Waals surface area contributed by atoms with Crippen molar-refractivity contribution in [1.82, 2.24) is 5.48 Å². The van der Waals surface area contributed by atoms with Crippen LogP contribution in [0.1, 0.15) is 11.1 Å². The van der Waals surface area contributed by atoms with Crippen LogP contribution < -0.4 is 10.2 Å². The van der Waals surface area contributed by atoms with Crippen molar-refractivity contribution in [3.8, 4) is 5.75 Å². The van der Waals surface area contributed by atoms with E-state index >= 15 is 0 Å². The van der Waals surface area contributed by atoms with Gasteiger partial charge in [0.05, 0.1) is 25.5 Å². The van der Waals surface area contributed by atoms with E-state index in [0.29, 0.717) is 33.0 Å². The van der Waals surface area contributed by atoms with Crippen LogP contribution in [0.5, 0.6) is 5.75 Å². The third-order valence-electron chi connectivity index (χ3n) is 4.07. The molecule has 0 bridgehead atoms. The van der Waals surface area contributed by atoms with Gasteiger partial charge in [0.25, 0.3) is 0 Å². The van der Waals surface area contributed by atoms with E-state index in [4.69, 9.17) is 18.9 Å². The molecule has 140 valence electrons. The highest BCUT2D eigenvalue weighted by Crippen LogP contribution is 2.23. The van der Waals surface area contributed by atoms with E-state index < -0.39 is 0 Å². The average Bonchev–Trinajstić information content (AvgIpc) is 2.70. The first-order valence-electron chi connectivity index (χ1n) is 8.65. The molecule has 1 unspecified atom stereocenters. The first-order chi connectivity index (χ1) is 12.8. The van der Waals surface area contributed by atoms with Gasteiger partial charge in [0.2, 0.25) is 5.88 Å². The molecule has 0 aliphatic carbocycles. The molecule has 2 N–H and O–H groups in total. The van der Waals surface area contributed by atoms with Crippen LogP contribution in [0.2, 0.25) is 0 Å². The SMILES string of the molecule is C=CCOc1ccc2c(c1)CCN=C2C=C(NO)OCC1COCCO1. The molecule has 1 aromatic rings. The molecular formula is C19H24N2O5. The Hall–Kier alpha value is -2.35. The molecule has 0 amide bonds. The van der Waals surface area contributed by atoms with Crippen molar-refractivity contribution in [2.24, 2.45) is 4.99 Å². The maximum atomic E-state index is 9.38. The second kappa shape index (κ2) is 9.38. The lowest BCUT2D eigenvalue weighted by atomic mass is 9.97. The van der Waals surface area contributed by atoms with Crippen molar-refractivity contribution in [2.45, 2.75) is 12.5 Å². The molecule has 0 radical (unpaired) electrons. The number of ether oxygens (including phenoxy) is 4. The Morgan fingerprint density at radius 1 is 1.42 bits per heavy atom. The number of hydrogen-bond acceptors (Lipinski definition) is 7. The number of rotatable bonds is 8. The molecule has 2 aliphatic heterocycles. The molecule has 1 atom stereocenters. The molecule has 1 aromatic carbocycles. The summed E-state index contributed by atoms with van der Waals surface area (Å²) in [7, 11) is 0. The van der Waals surface area contributed by atoms with E-state index in [2.05, 4.69) is 17.1 Å². The molecule has 0 spiro atoms. The van der Waals surface area contributed by atoms with E-state index in [9.17, 15) is 5.21 Å².